The average Bonchev–Trinajstić information content (AvgIpc) is 3.31. The van der Waals surface area contributed by atoms with Crippen molar-refractivity contribution in [2.45, 2.75) is 50.8 Å². The summed E-state index contributed by atoms with van der Waals surface area (Å²) in [4.78, 5) is 18.4. The Morgan fingerprint density at radius 2 is 1.77 bits per heavy atom. The number of hydrogen-bond donors (Lipinski definition) is 1. The molecule has 1 heterocycles. The minimum absolute atomic E-state index is 0.115. The Morgan fingerprint density at radius 1 is 1.12 bits per heavy atom. The van der Waals surface area contributed by atoms with E-state index in [0.29, 0.717) is 11.7 Å². The summed E-state index contributed by atoms with van der Waals surface area (Å²) in [5.41, 5.74) is 1.29. The van der Waals surface area contributed by atoms with Crippen LogP contribution < -0.4 is 0 Å². The molecule has 0 bridgehead atoms. The lowest BCUT2D eigenvalue weighted by Crippen LogP contribution is -2.46. The van der Waals surface area contributed by atoms with E-state index in [4.69, 9.17) is 4.99 Å². The van der Waals surface area contributed by atoms with E-state index in [1.165, 1.54) is 12.8 Å². The van der Waals surface area contributed by atoms with Gasteiger partial charge in [-0.3, -0.25) is 0 Å². The first-order chi connectivity index (χ1) is 12.7. The predicted molar refractivity (Wildman–Crippen MR) is 109 cm³/mol. The van der Waals surface area contributed by atoms with Crippen LogP contribution in [0.25, 0.3) is 10.8 Å². The average molecular weight is 369 g/mol. The van der Waals surface area contributed by atoms with Crippen LogP contribution >= 0.6 is 11.8 Å². The van der Waals surface area contributed by atoms with E-state index in [0.717, 1.165) is 40.2 Å². The fraction of sp³-hybridized carbons (Fsp3) is 0.450. The molecule has 136 valence electrons. The van der Waals surface area contributed by atoms with Gasteiger partial charge in [0.25, 0.3) is 0 Å². The summed E-state index contributed by atoms with van der Waals surface area (Å²) in [6, 6.07) is 11.9. The third kappa shape index (κ3) is 3.12. The number of nitroso groups, excluding NO2 is 1. The number of aliphatic hydroxyl groups is 1. The third-order valence-corrected chi connectivity index (χ3v) is 6.50. The van der Waals surface area contributed by atoms with E-state index < -0.39 is 0 Å². The van der Waals surface area contributed by atoms with Crippen LogP contribution in [0.2, 0.25) is 0 Å². The topological polar surface area (TPSA) is 65.3 Å². The van der Waals surface area contributed by atoms with Crippen molar-refractivity contribution in [2.24, 2.45) is 10.2 Å². The highest BCUT2D eigenvalue weighted by Gasteiger charge is 2.39. The quantitative estimate of drug-likeness (QED) is 0.773. The molecule has 0 unspecified atom stereocenters. The monoisotopic (exact) mass is 369 g/mol. The van der Waals surface area contributed by atoms with Crippen LogP contribution in [0.4, 0.5) is 11.4 Å². The second kappa shape index (κ2) is 7.37. The largest absolute Gasteiger partial charge is 0.391 e. The number of aliphatic imine (C=N–C) groups is 1. The van der Waals surface area contributed by atoms with Crippen LogP contribution in [0.1, 0.15) is 32.6 Å². The molecule has 1 aliphatic heterocycles. The SMILES string of the molecule is C[C@@H](O)[C@H]1CSC(=Nc2ccc(N=O)c3ccccc23)N1C1CCCC1. The minimum atomic E-state index is -0.380. The van der Waals surface area contributed by atoms with Crippen LogP contribution in [-0.2, 0) is 0 Å². The molecule has 2 aliphatic rings. The maximum absolute atomic E-state index is 11.1. The lowest BCUT2D eigenvalue weighted by atomic mass is 10.1. The smallest absolute Gasteiger partial charge is 0.165 e. The van der Waals surface area contributed by atoms with E-state index >= 15 is 0 Å². The molecule has 5 nitrogen and oxygen atoms in total. The van der Waals surface area contributed by atoms with Crippen molar-refractivity contribution in [1.29, 1.82) is 0 Å². The van der Waals surface area contributed by atoms with Crippen LogP contribution in [0, 0.1) is 4.91 Å². The van der Waals surface area contributed by atoms with Crippen molar-refractivity contribution < 1.29 is 5.11 Å². The number of fused-ring (bicyclic) bond motifs is 1. The van der Waals surface area contributed by atoms with Gasteiger partial charge in [0.15, 0.2) is 5.17 Å². The summed E-state index contributed by atoms with van der Waals surface area (Å²) < 4.78 is 0. The molecule has 26 heavy (non-hydrogen) atoms. The molecular weight excluding hydrogens is 346 g/mol. The summed E-state index contributed by atoms with van der Waals surface area (Å²) in [6.45, 7) is 1.87. The van der Waals surface area contributed by atoms with Gasteiger partial charge in [0.05, 0.1) is 17.8 Å². The molecule has 2 atom stereocenters. The molecule has 1 aliphatic carbocycles. The van der Waals surface area contributed by atoms with Gasteiger partial charge in [-0.2, -0.15) is 0 Å². The normalized spacial score (nSPS) is 23.8. The van der Waals surface area contributed by atoms with Crippen LogP contribution in [0.15, 0.2) is 46.6 Å². The number of amidine groups is 1. The first-order valence-electron chi connectivity index (χ1n) is 9.22. The Morgan fingerprint density at radius 3 is 2.42 bits per heavy atom. The van der Waals surface area contributed by atoms with Crippen molar-refractivity contribution in [2.75, 3.05) is 5.75 Å². The Kier molecular flexibility index (Phi) is 4.96. The van der Waals surface area contributed by atoms with E-state index in [-0.39, 0.29) is 12.1 Å². The number of benzene rings is 2. The summed E-state index contributed by atoms with van der Waals surface area (Å²) in [7, 11) is 0. The molecule has 0 aromatic heterocycles. The first-order valence-corrected chi connectivity index (χ1v) is 10.2. The maximum atomic E-state index is 11.1. The molecular formula is C20H23N3O2S. The zero-order chi connectivity index (χ0) is 18.1. The number of thioether (sulfide) groups is 1. The zero-order valence-electron chi connectivity index (χ0n) is 14.8. The van der Waals surface area contributed by atoms with Crippen LogP contribution in [0.5, 0.6) is 0 Å². The Labute approximate surface area is 157 Å². The molecule has 6 heteroatoms. The second-order valence-corrected chi connectivity index (χ2v) is 8.09. The molecule has 1 saturated carbocycles. The predicted octanol–water partition coefficient (Wildman–Crippen LogP) is 4.97. The number of nitrogens with zero attached hydrogens (tertiary/aromatic N) is 3. The van der Waals surface area contributed by atoms with Crippen molar-refractivity contribution in [3.8, 4) is 0 Å². The number of hydrogen-bond acceptors (Lipinski definition) is 5. The summed E-state index contributed by atoms with van der Waals surface area (Å²) in [6.07, 6.45) is 4.44. The summed E-state index contributed by atoms with van der Waals surface area (Å²) in [5.74, 6) is 0.860. The molecule has 1 saturated heterocycles. The van der Waals surface area contributed by atoms with Crippen molar-refractivity contribution >= 4 is 39.1 Å². The van der Waals surface area contributed by atoms with Gasteiger partial charge < -0.3 is 10.0 Å². The van der Waals surface area contributed by atoms with Crippen LogP contribution in [0.3, 0.4) is 0 Å². The molecule has 2 fully saturated rings. The van der Waals surface area contributed by atoms with Gasteiger partial charge in [0.2, 0.25) is 0 Å². The maximum Gasteiger partial charge on any atom is 0.165 e. The van der Waals surface area contributed by atoms with Crippen molar-refractivity contribution in [3.63, 3.8) is 0 Å². The molecule has 4 rings (SSSR count). The lowest BCUT2D eigenvalue weighted by molar-refractivity contribution is 0.0976. The highest BCUT2D eigenvalue weighted by Crippen LogP contribution is 2.38. The van der Waals surface area contributed by atoms with E-state index in [1.54, 1.807) is 17.8 Å². The van der Waals surface area contributed by atoms with E-state index in [1.807, 2.05) is 37.3 Å². The Hall–Kier alpha value is -1.92. The highest BCUT2D eigenvalue weighted by molar-refractivity contribution is 8.14. The first kappa shape index (κ1) is 17.5. The standard InChI is InChI=1S/C20H23N3O2S/c1-13(24)19-12-26-20(23(19)14-6-2-3-7-14)21-17-10-11-18(22-25)16-9-5-4-8-15(16)17/h4-5,8-11,13-14,19,24H,2-3,6-7,12H2,1H3/t13-,19-/m1/s1. The second-order valence-electron chi connectivity index (χ2n) is 7.10. The van der Waals surface area contributed by atoms with Gasteiger partial charge >= 0.3 is 0 Å². The molecule has 0 amide bonds. The van der Waals surface area contributed by atoms with Gasteiger partial charge in [-0.05, 0) is 37.1 Å². The van der Waals surface area contributed by atoms with Crippen molar-refractivity contribution in [3.05, 3.63) is 41.3 Å². The molecule has 2 aromatic rings. The minimum Gasteiger partial charge on any atom is -0.391 e. The Balaban J connectivity index is 1.77. The van der Waals surface area contributed by atoms with Gasteiger partial charge in [-0.1, -0.05) is 48.9 Å². The number of aliphatic hydroxyl groups excluding tert-OH is 1. The Bertz CT molecular complexity index is 846. The fourth-order valence-corrected chi connectivity index (χ4v) is 5.43. The highest BCUT2D eigenvalue weighted by atomic mass is 32.2. The van der Waals surface area contributed by atoms with E-state index in [9.17, 15) is 10.0 Å². The fourth-order valence-electron chi connectivity index (χ4n) is 4.08. The third-order valence-electron chi connectivity index (χ3n) is 5.43. The van der Waals surface area contributed by atoms with Gasteiger partial charge in [-0.15, -0.1) is 4.91 Å². The van der Waals surface area contributed by atoms with Gasteiger partial charge in [-0.25, -0.2) is 4.99 Å². The number of rotatable bonds is 4. The molecule has 0 spiro atoms. The van der Waals surface area contributed by atoms with Crippen molar-refractivity contribution in [1.82, 2.24) is 4.90 Å². The molecule has 0 radical (unpaired) electrons. The lowest BCUT2D eigenvalue weighted by Gasteiger charge is -2.33. The van der Waals surface area contributed by atoms with E-state index in [2.05, 4.69) is 10.1 Å². The zero-order valence-corrected chi connectivity index (χ0v) is 15.7. The molecule has 1 N–H and O–H groups in total. The molecule has 2 aromatic carbocycles. The summed E-state index contributed by atoms with van der Waals surface area (Å²) in [5, 5.41) is 16.1. The van der Waals surface area contributed by atoms with Gasteiger partial charge in [0, 0.05) is 22.6 Å². The summed E-state index contributed by atoms with van der Waals surface area (Å²) >= 11 is 1.72. The van der Waals surface area contributed by atoms with Crippen LogP contribution in [-0.4, -0.2) is 39.1 Å². The van der Waals surface area contributed by atoms with Gasteiger partial charge in [0.1, 0.15) is 5.69 Å².